The fourth-order valence-electron chi connectivity index (χ4n) is 14.6. The van der Waals surface area contributed by atoms with Crippen LogP contribution in [0.3, 0.4) is 0 Å². The number of rotatable bonds is 14. The molecule has 2 saturated heterocycles. The number of carbonyl (C=O) groups excluding carboxylic acids is 9. The maximum Gasteiger partial charge on any atom is 0.459 e. The third-order valence-electron chi connectivity index (χ3n) is 21.3. The molecule has 2 fully saturated rings. The Labute approximate surface area is 658 Å². The molecular formula is C82H98N18O14. The lowest BCUT2D eigenvalue weighted by Gasteiger charge is -2.37. The number of aromatic amines is 1. The fraction of sp³-hybridized carbons (Fsp3) is 0.427. The average molecular weight is 1560 g/mol. The van der Waals surface area contributed by atoms with Crippen LogP contribution in [0, 0.1) is 10.8 Å². The van der Waals surface area contributed by atoms with Crippen LogP contribution in [0.1, 0.15) is 126 Å². The van der Waals surface area contributed by atoms with E-state index in [4.69, 9.17) is 18.7 Å². The van der Waals surface area contributed by atoms with Gasteiger partial charge in [0, 0.05) is 32.4 Å². The molecule has 8 bridgehead atoms. The number of esters is 1. The number of aromatic nitrogens is 8. The van der Waals surface area contributed by atoms with Gasteiger partial charge in [-0.1, -0.05) is 161 Å². The summed E-state index contributed by atoms with van der Waals surface area (Å²) < 4.78 is 25.9. The Balaban J connectivity index is 0.905. The monoisotopic (exact) mass is 1560 g/mol. The number of nitrogens with one attached hydrogen (secondary N) is 9. The van der Waals surface area contributed by atoms with E-state index in [9.17, 15) is 19.2 Å². The molecule has 0 radical (unpaired) electrons. The van der Waals surface area contributed by atoms with Gasteiger partial charge in [0.15, 0.2) is 5.82 Å². The first-order valence-corrected chi connectivity index (χ1v) is 38.1. The Kier molecular flexibility index (Phi) is 25.1. The number of amides is 8. The van der Waals surface area contributed by atoms with E-state index < -0.39 is 142 Å². The quantitative estimate of drug-likeness (QED) is 0.0684. The highest BCUT2D eigenvalue weighted by atomic mass is 16.5. The molecule has 9 heterocycles. The Morgan fingerprint density at radius 3 is 1.39 bits per heavy atom. The number of nitrogens with zero attached hydrogens (tertiary/aromatic N) is 9. The summed E-state index contributed by atoms with van der Waals surface area (Å²) in [5.41, 5.74) is 1.42. The van der Waals surface area contributed by atoms with E-state index in [1.165, 1.54) is 26.3 Å². The van der Waals surface area contributed by atoms with Gasteiger partial charge in [0.25, 0.3) is 0 Å². The Morgan fingerprint density at radius 1 is 0.544 bits per heavy atom. The fourth-order valence-corrected chi connectivity index (χ4v) is 14.6. The summed E-state index contributed by atoms with van der Waals surface area (Å²) in [6, 6.07) is 27.0. The molecule has 0 saturated carbocycles. The zero-order chi connectivity index (χ0) is 81.3. The zero-order valence-electron chi connectivity index (χ0n) is 65.6. The largest absolute Gasteiger partial charge is 0.487 e. The predicted octanol–water partition coefficient (Wildman–Crippen LogP) is 4.34. The molecular weight excluding hydrogens is 1460 g/mol. The number of H-pyrrole nitrogens is 1. The summed E-state index contributed by atoms with van der Waals surface area (Å²) in [6.07, 6.45) is 3.34. The van der Waals surface area contributed by atoms with Crippen LogP contribution in [-0.2, 0) is 86.8 Å². The van der Waals surface area contributed by atoms with Crippen LogP contribution in [-0.4, -0.2) is 192 Å². The number of hydrogen-bond donors (Lipinski definition) is 9. The topological polar surface area (TPSA) is 404 Å². The predicted molar refractivity (Wildman–Crippen MR) is 418 cm³/mol. The first kappa shape index (κ1) is 81.3. The van der Waals surface area contributed by atoms with E-state index in [1.54, 1.807) is 130 Å². The first-order chi connectivity index (χ1) is 54.5. The zero-order valence-corrected chi connectivity index (χ0v) is 65.6. The maximum atomic E-state index is 15.8. The number of likely N-dealkylation sites (N-methyl/N-ethyl adjacent to an activating group) is 2. The molecule has 6 aliphatic heterocycles. The number of fused-ring (bicyclic) bond motifs is 2. The first-order valence-electron chi connectivity index (χ1n) is 38.1. The maximum absolute atomic E-state index is 15.8. The molecule has 0 spiro atoms. The lowest BCUT2D eigenvalue weighted by atomic mass is 9.85. The SMILES string of the molecule is CN[C@@H](C)C(=O)N[C@H](C(=O)N1CCC2[C@H]1C(=O)N[C@@H](Cc1ccc3ccccc3c1)C(=O)N[C@H](c1nc(=O)o[nH]1)Cc1ccc(cc1)OCc1cn(nn1)[C@@H]1CCN(C(=O)[C@@H](NC(=O)[C@H](C)NC)C(C)(C)C)[C@@H]1C(=O)N[C@@H](Cc1ccc3ccccc3c1)C(=O)N[C@H](C(=O)OC)Cc1ccc(cc1)OCc1cn2nn1)C(C)(C)C. The molecule has 114 heavy (non-hydrogen) atoms. The molecule has 32 nitrogen and oxygen atoms in total. The van der Waals surface area contributed by atoms with Gasteiger partial charge in [0.2, 0.25) is 47.3 Å². The Hall–Kier alpha value is -12.2. The summed E-state index contributed by atoms with van der Waals surface area (Å²) in [7, 11) is 4.44. The molecule has 6 aromatic carbocycles. The van der Waals surface area contributed by atoms with Gasteiger partial charge < -0.3 is 71.1 Å². The third kappa shape index (κ3) is 19.3. The van der Waals surface area contributed by atoms with E-state index in [1.807, 2.05) is 84.9 Å². The molecule has 12 atom stereocenters. The smallest absolute Gasteiger partial charge is 0.459 e. The number of benzene rings is 6. The van der Waals surface area contributed by atoms with Gasteiger partial charge in [-0.15, -0.1) is 10.2 Å². The van der Waals surface area contributed by atoms with Crippen LogP contribution in [0.15, 0.2) is 155 Å². The second-order valence-electron chi connectivity index (χ2n) is 31.5. The van der Waals surface area contributed by atoms with Crippen molar-refractivity contribution in [2.24, 2.45) is 10.8 Å². The molecule has 9 N–H and O–H groups in total. The summed E-state index contributed by atoms with van der Waals surface area (Å²) in [5, 5.41) is 47.7. The molecule has 9 aromatic rings. The van der Waals surface area contributed by atoms with Crippen LogP contribution in [0.4, 0.5) is 0 Å². The summed E-state index contributed by atoms with van der Waals surface area (Å²) in [5.74, 6) is -5.95. The highest BCUT2D eigenvalue weighted by molar-refractivity contribution is 5.98. The molecule has 8 amide bonds. The van der Waals surface area contributed by atoms with Gasteiger partial charge in [-0.05, 0) is 126 Å². The van der Waals surface area contributed by atoms with Crippen LogP contribution in [0.25, 0.3) is 21.5 Å². The molecule has 3 aromatic heterocycles. The molecule has 1 unspecified atom stereocenters. The third-order valence-corrected chi connectivity index (χ3v) is 21.3. The standard InChI is InChI=1S/C82H98N18O14/c1-46(83-9)71(101)89-68(81(3,4)5)77(107)97-34-32-64-66(97)75(105)86-61(40-50-20-26-52-16-12-14-18-54(52)36-50)73(103)85-60(70-91-80(110)114-94-70)38-48-22-28-58(29-23-48)112-44-56-42-100(96-92-56)65-33-35-98(78(108)69(82(6,7)8)90-72(102)47(2)84-10)67(65)76(106)87-62(41-51-21-27-53-17-13-15-19-55(53)37-51)74(104)88-63(79(109)111-11)39-49-24-30-59(31-25-49)113-45-57-43-99(64)95-93-57/h12-31,36-37,42-43,46-47,60-69,83-84H,32-35,38-41,44-45H2,1-11H3,(H,85,103)(H,86,105)(H,87,106)(H,88,104)(H,89,101)(H,90,102)(H,91,94,110)/t46-,47-,60-,61-,62-,63-,64?,65+,66-,67-,68+,69+/m0/s1. The van der Waals surface area contributed by atoms with Gasteiger partial charge in [0.05, 0.1) is 49.7 Å². The van der Waals surface area contributed by atoms with Crippen molar-refractivity contribution in [3.05, 3.63) is 196 Å². The molecule has 32 heteroatoms. The van der Waals surface area contributed by atoms with E-state index in [-0.39, 0.29) is 70.7 Å². The van der Waals surface area contributed by atoms with Crippen LogP contribution in [0.2, 0.25) is 0 Å². The van der Waals surface area contributed by atoms with Crippen molar-refractivity contribution in [1.29, 1.82) is 0 Å². The minimum Gasteiger partial charge on any atom is -0.487 e. The van der Waals surface area contributed by atoms with E-state index in [0.29, 0.717) is 45.1 Å². The van der Waals surface area contributed by atoms with Crippen molar-refractivity contribution in [2.75, 3.05) is 34.3 Å². The van der Waals surface area contributed by atoms with Gasteiger partial charge in [-0.2, -0.15) is 4.98 Å². The van der Waals surface area contributed by atoms with Crippen molar-refractivity contribution in [2.45, 2.75) is 180 Å². The highest BCUT2D eigenvalue weighted by Gasteiger charge is 2.51. The molecule has 15 rings (SSSR count). The number of methoxy groups -OCH3 is 1. The summed E-state index contributed by atoms with van der Waals surface area (Å²) >= 11 is 0. The number of likely N-dealkylation sites (tertiary alicyclic amines) is 2. The van der Waals surface area contributed by atoms with Crippen molar-refractivity contribution < 1.29 is 61.9 Å². The van der Waals surface area contributed by atoms with Gasteiger partial charge in [0.1, 0.15) is 78.4 Å². The molecule has 6 aliphatic rings. The van der Waals surface area contributed by atoms with Crippen molar-refractivity contribution in [3.8, 4) is 11.5 Å². The minimum atomic E-state index is -1.38. The van der Waals surface area contributed by atoms with Gasteiger partial charge in [-0.25, -0.2) is 24.1 Å². The lowest BCUT2D eigenvalue weighted by molar-refractivity contribution is -0.146. The van der Waals surface area contributed by atoms with Crippen molar-refractivity contribution in [1.82, 2.24) is 92.5 Å². The Morgan fingerprint density at radius 2 is 0.974 bits per heavy atom. The molecule has 0 aliphatic carbocycles. The number of ether oxygens (including phenoxy) is 3. The second kappa shape index (κ2) is 35.2. The Bertz CT molecular complexity index is 5050. The second-order valence-corrected chi connectivity index (χ2v) is 31.5. The minimum absolute atomic E-state index is 0.0125. The van der Waals surface area contributed by atoms with Crippen molar-refractivity contribution in [3.63, 3.8) is 0 Å². The van der Waals surface area contributed by atoms with Crippen LogP contribution >= 0.6 is 0 Å². The van der Waals surface area contributed by atoms with Gasteiger partial charge >= 0.3 is 11.7 Å². The van der Waals surface area contributed by atoms with E-state index in [2.05, 4.69) is 73.3 Å². The van der Waals surface area contributed by atoms with Gasteiger partial charge in [-0.3, -0.25) is 38.4 Å². The summed E-state index contributed by atoms with van der Waals surface area (Å²) in [4.78, 5) is 154. The van der Waals surface area contributed by atoms with Crippen LogP contribution in [0.5, 0.6) is 11.5 Å². The number of carbonyl (C=O) groups is 9. The van der Waals surface area contributed by atoms with Crippen LogP contribution < -0.4 is 57.8 Å². The van der Waals surface area contributed by atoms with E-state index in [0.717, 1.165) is 21.5 Å². The van der Waals surface area contributed by atoms with E-state index >= 15 is 28.8 Å². The highest BCUT2D eigenvalue weighted by Crippen LogP contribution is 2.36. The average Bonchev–Trinajstić information content (AvgIpc) is 1.61. The summed E-state index contributed by atoms with van der Waals surface area (Å²) in [6.45, 7) is 13.9. The normalized spacial score (nSPS) is 21.3. The lowest BCUT2D eigenvalue weighted by Crippen LogP contribution is -2.61. The molecule has 600 valence electrons. The number of hydrogen-bond acceptors (Lipinski definition) is 21. The van der Waals surface area contributed by atoms with Crippen molar-refractivity contribution >= 4 is 74.8 Å².